The molecule has 0 saturated carbocycles. The monoisotopic (exact) mass is 303 g/mol. The lowest BCUT2D eigenvalue weighted by molar-refractivity contribution is -0.122. The number of aromatic nitrogens is 2. The molecule has 3 rings (SSSR count). The van der Waals surface area contributed by atoms with E-state index in [1.165, 1.54) is 4.90 Å². The number of carbonyl (C=O) groups excluding carboxylic acids is 2. The SMILES string of the molecule is Cc1cc(C)n([C@H]2CC(=O)N(c3ccc(Cl)cc3)C2=O)n1. The number of nitrogens with zero attached hydrogens (tertiary/aromatic N) is 3. The van der Waals surface area contributed by atoms with Crippen LogP contribution in [0.25, 0.3) is 0 Å². The molecule has 0 aliphatic carbocycles. The molecule has 1 atom stereocenters. The number of hydrogen-bond acceptors (Lipinski definition) is 3. The van der Waals surface area contributed by atoms with E-state index >= 15 is 0 Å². The smallest absolute Gasteiger partial charge is 0.259 e. The van der Waals surface area contributed by atoms with Crippen molar-refractivity contribution in [2.45, 2.75) is 26.3 Å². The van der Waals surface area contributed by atoms with E-state index in [-0.39, 0.29) is 18.2 Å². The van der Waals surface area contributed by atoms with Crippen molar-refractivity contribution in [3.63, 3.8) is 0 Å². The number of imide groups is 1. The minimum atomic E-state index is -0.568. The van der Waals surface area contributed by atoms with Crippen molar-refractivity contribution in [1.82, 2.24) is 9.78 Å². The van der Waals surface area contributed by atoms with Gasteiger partial charge in [-0.15, -0.1) is 0 Å². The van der Waals surface area contributed by atoms with Crippen LogP contribution in [-0.2, 0) is 9.59 Å². The number of amides is 2. The lowest BCUT2D eigenvalue weighted by atomic mass is 10.2. The molecule has 1 aromatic carbocycles. The molecule has 6 heteroatoms. The van der Waals surface area contributed by atoms with Gasteiger partial charge >= 0.3 is 0 Å². The first-order chi connectivity index (χ1) is 9.97. The summed E-state index contributed by atoms with van der Waals surface area (Å²) in [4.78, 5) is 26.0. The number of hydrogen-bond donors (Lipinski definition) is 0. The zero-order valence-corrected chi connectivity index (χ0v) is 12.5. The van der Waals surface area contributed by atoms with Crippen molar-refractivity contribution in [3.05, 3.63) is 46.7 Å². The molecule has 2 aromatic rings. The highest BCUT2D eigenvalue weighted by molar-refractivity contribution is 6.30. The van der Waals surface area contributed by atoms with E-state index < -0.39 is 6.04 Å². The minimum absolute atomic E-state index is 0.128. The largest absolute Gasteiger partial charge is 0.274 e. The molecular weight excluding hydrogens is 290 g/mol. The third-order valence-electron chi connectivity index (χ3n) is 3.55. The van der Waals surface area contributed by atoms with Crippen LogP contribution in [0.1, 0.15) is 23.9 Å². The molecule has 1 aliphatic heterocycles. The summed E-state index contributed by atoms with van der Waals surface area (Å²) in [6, 6.07) is 7.98. The fourth-order valence-electron chi connectivity index (χ4n) is 2.63. The van der Waals surface area contributed by atoms with Gasteiger partial charge in [-0.3, -0.25) is 14.3 Å². The lowest BCUT2D eigenvalue weighted by Gasteiger charge is -2.15. The normalized spacial score (nSPS) is 18.6. The van der Waals surface area contributed by atoms with Gasteiger partial charge in [0.15, 0.2) is 0 Å². The van der Waals surface area contributed by atoms with Gasteiger partial charge in [0.05, 0.1) is 17.8 Å². The third kappa shape index (κ3) is 2.34. The molecule has 1 saturated heterocycles. The highest BCUT2D eigenvalue weighted by atomic mass is 35.5. The summed E-state index contributed by atoms with van der Waals surface area (Å²) >= 11 is 5.84. The molecule has 0 spiro atoms. The zero-order valence-electron chi connectivity index (χ0n) is 11.7. The van der Waals surface area contributed by atoms with E-state index in [4.69, 9.17) is 11.6 Å². The molecule has 2 amide bonds. The second-order valence-corrected chi connectivity index (χ2v) is 5.57. The van der Waals surface area contributed by atoms with Gasteiger partial charge in [-0.2, -0.15) is 5.10 Å². The molecular formula is C15H14ClN3O2. The van der Waals surface area contributed by atoms with Crippen LogP contribution >= 0.6 is 11.6 Å². The van der Waals surface area contributed by atoms with Crippen LogP contribution in [0.2, 0.25) is 5.02 Å². The standard InChI is InChI=1S/C15H14ClN3O2/c1-9-7-10(2)19(17-9)13-8-14(20)18(15(13)21)12-5-3-11(16)4-6-12/h3-7,13H,8H2,1-2H3/t13-/m0/s1. The molecule has 21 heavy (non-hydrogen) atoms. The van der Waals surface area contributed by atoms with Crippen LogP contribution < -0.4 is 4.90 Å². The number of halogens is 1. The van der Waals surface area contributed by atoms with Crippen LogP contribution in [0.5, 0.6) is 0 Å². The summed E-state index contributed by atoms with van der Waals surface area (Å²) in [5.74, 6) is -0.478. The lowest BCUT2D eigenvalue weighted by Crippen LogP contribution is -2.31. The summed E-state index contributed by atoms with van der Waals surface area (Å²) in [7, 11) is 0. The zero-order chi connectivity index (χ0) is 15.1. The van der Waals surface area contributed by atoms with Crippen molar-refractivity contribution >= 4 is 29.1 Å². The van der Waals surface area contributed by atoms with Gasteiger partial charge in [0.2, 0.25) is 5.91 Å². The van der Waals surface area contributed by atoms with E-state index in [9.17, 15) is 9.59 Å². The van der Waals surface area contributed by atoms with Crippen LogP contribution in [0, 0.1) is 13.8 Å². The van der Waals surface area contributed by atoms with E-state index in [2.05, 4.69) is 5.10 Å². The molecule has 0 bridgehead atoms. The Kier molecular flexibility index (Phi) is 3.29. The molecule has 2 heterocycles. The molecule has 0 radical (unpaired) electrons. The number of aryl methyl sites for hydroxylation is 2. The highest BCUT2D eigenvalue weighted by Gasteiger charge is 2.41. The van der Waals surface area contributed by atoms with Gasteiger partial charge < -0.3 is 0 Å². The summed E-state index contributed by atoms with van der Waals surface area (Å²) in [6.07, 6.45) is 0.128. The highest BCUT2D eigenvalue weighted by Crippen LogP contribution is 2.30. The Bertz CT molecular complexity index is 721. The first-order valence-electron chi connectivity index (χ1n) is 6.62. The number of carbonyl (C=O) groups is 2. The van der Waals surface area contributed by atoms with Crippen molar-refractivity contribution in [3.8, 4) is 0 Å². The molecule has 0 unspecified atom stereocenters. The fraction of sp³-hybridized carbons (Fsp3) is 0.267. The number of anilines is 1. The average molecular weight is 304 g/mol. The maximum absolute atomic E-state index is 12.6. The van der Waals surface area contributed by atoms with Crippen molar-refractivity contribution in [1.29, 1.82) is 0 Å². The first kappa shape index (κ1) is 13.8. The maximum atomic E-state index is 12.6. The maximum Gasteiger partial charge on any atom is 0.259 e. The predicted octanol–water partition coefficient (Wildman–Crippen LogP) is 2.66. The Labute approximate surface area is 127 Å². The van der Waals surface area contributed by atoms with Crippen molar-refractivity contribution in [2.24, 2.45) is 0 Å². The van der Waals surface area contributed by atoms with Crippen LogP contribution in [0.3, 0.4) is 0 Å². The van der Waals surface area contributed by atoms with Gasteiger partial charge in [-0.05, 0) is 44.2 Å². The molecule has 0 N–H and O–H groups in total. The topological polar surface area (TPSA) is 55.2 Å². The Morgan fingerprint density at radius 3 is 2.43 bits per heavy atom. The average Bonchev–Trinajstić information content (AvgIpc) is 2.91. The minimum Gasteiger partial charge on any atom is -0.274 e. The van der Waals surface area contributed by atoms with E-state index in [1.54, 1.807) is 28.9 Å². The van der Waals surface area contributed by atoms with Gasteiger partial charge in [0.1, 0.15) is 6.04 Å². The molecule has 5 nitrogen and oxygen atoms in total. The second-order valence-electron chi connectivity index (χ2n) is 5.14. The third-order valence-corrected chi connectivity index (χ3v) is 3.80. The quantitative estimate of drug-likeness (QED) is 0.802. The Balaban J connectivity index is 1.95. The summed E-state index contributed by atoms with van der Waals surface area (Å²) in [5.41, 5.74) is 2.24. The van der Waals surface area contributed by atoms with Crippen LogP contribution in [0.15, 0.2) is 30.3 Å². The fourth-order valence-corrected chi connectivity index (χ4v) is 2.76. The molecule has 1 aliphatic rings. The summed E-state index contributed by atoms with van der Waals surface area (Å²) in [6.45, 7) is 3.74. The molecule has 108 valence electrons. The van der Waals surface area contributed by atoms with E-state index in [0.717, 1.165) is 11.4 Å². The van der Waals surface area contributed by atoms with Gasteiger partial charge in [-0.25, -0.2) is 4.90 Å². The molecule has 1 aromatic heterocycles. The Morgan fingerprint density at radius 2 is 1.86 bits per heavy atom. The van der Waals surface area contributed by atoms with Gasteiger partial charge in [-0.1, -0.05) is 11.6 Å². The first-order valence-corrected chi connectivity index (χ1v) is 7.00. The van der Waals surface area contributed by atoms with Crippen LogP contribution in [0.4, 0.5) is 5.69 Å². The van der Waals surface area contributed by atoms with Crippen LogP contribution in [-0.4, -0.2) is 21.6 Å². The van der Waals surface area contributed by atoms with E-state index in [1.807, 2.05) is 19.9 Å². The number of benzene rings is 1. The van der Waals surface area contributed by atoms with Crippen molar-refractivity contribution < 1.29 is 9.59 Å². The predicted molar refractivity (Wildman–Crippen MR) is 79.3 cm³/mol. The summed E-state index contributed by atoms with van der Waals surface area (Å²) in [5, 5.41) is 4.88. The van der Waals surface area contributed by atoms with Gasteiger partial charge in [0.25, 0.3) is 5.91 Å². The van der Waals surface area contributed by atoms with Crippen molar-refractivity contribution in [2.75, 3.05) is 4.90 Å². The number of rotatable bonds is 2. The second kappa shape index (κ2) is 5.00. The molecule has 1 fully saturated rings. The van der Waals surface area contributed by atoms with E-state index in [0.29, 0.717) is 10.7 Å². The van der Waals surface area contributed by atoms with Gasteiger partial charge in [0, 0.05) is 10.7 Å². The Hall–Kier alpha value is -2.14. The Morgan fingerprint density at radius 1 is 1.19 bits per heavy atom. The summed E-state index contributed by atoms with van der Waals surface area (Å²) < 4.78 is 1.63.